The van der Waals surface area contributed by atoms with E-state index in [0.717, 1.165) is 56.9 Å². The number of aliphatic hydroxyl groups excluding tert-OH is 1. The predicted molar refractivity (Wildman–Crippen MR) is 83.0 cm³/mol. The van der Waals surface area contributed by atoms with Crippen molar-refractivity contribution in [2.45, 2.75) is 18.9 Å². The first-order valence-corrected chi connectivity index (χ1v) is 7.57. The molecule has 1 atom stereocenters. The predicted octanol–water partition coefficient (Wildman–Crippen LogP) is 1.42. The third-order valence-electron chi connectivity index (χ3n) is 3.96. The summed E-state index contributed by atoms with van der Waals surface area (Å²) in [4.78, 5) is 2.44. The first kappa shape index (κ1) is 16.1. The van der Waals surface area contributed by atoms with Crippen LogP contribution in [0.4, 0.5) is 0 Å². The number of hydrogen-bond acceptors (Lipinski definition) is 5. The lowest BCUT2D eigenvalue weighted by molar-refractivity contribution is 0.149. The van der Waals surface area contributed by atoms with E-state index in [1.165, 1.54) is 0 Å². The molecule has 0 radical (unpaired) electrons. The molecule has 1 heterocycles. The molecule has 1 aromatic rings. The molecular formula is C16H26N2O3. The molecule has 5 heteroatoms. The summed E-state index contributed by atoms with van der Waals surface area (Å²) in [5.41, 5.74) is 0.803. The first-order chi connectivity index (χ1) is 10.2. The smallest absolute Gasteiger partial charge is 0.124 e. The van der Waals surface area contributed by atoms with Crippen LogP contribution < -0.4 is 14.8 Å². The molecule has 2 rings (SSSR count). The number of rotatable bonds is 7. The van der Waals surface area contributed by atoms with Gasteiger partial charge in [-0.25, -0.2) is 0 Å². The van der Waals surface area contributed by atoms with Gasteiger partial charge in [-0.15, -0.1) is 0 Å². The standard InChI is InChI=1S/C16H26N2O3/c1-20-13-5-6-16(21-2)14(12-13)15(19)4-3-9-18-10-7-17-8-11-18/h5-6,12,15,17,19H,3-4,7-11H2,1-2H3. The number of ether oxygens (including phenoxy) is 2. The number of hydrogen-bond donors (Lipinski definition) is 2. The van der Waals surface area contributed by atoms with Crippen LogP contribution in [0, 0.1) is 0 Å². The van der Waals surface area contributed by atoms with Gasteiger partial charge < -0.3 is 24.8 Å². The summed E-state index contributed by atoms with van der Waals surface area (Å²) in [5.74, 6) is 1.46. The van der Waals surface area contributed by atoms with Gasteiger partial charge in [0.15, 0.2) is 0 Å². The first-order valence-electron chi connectivity index (χ1n) is 7.57. The summed E-state index contributed by atoms with van der Waals surface area (Å²) in [7, 11) is 3.25. The van der Waals surface area contributed by atoms with Crippen molar-refractivity contribution in [2.24, 2.45) is 0 Å². The molecule has 1 aliphatic heterocycles. The number of aliphatic hydroxyl groups is 1. The van der Waals surface area contributed by atoms with E-state index in [4.69, 9.17) is 9.47 Å². The van der Waals surface area contributed by atoms with Crippen LogP contribution in [0.15, 0.2) is 18.2 Å². The molecular weight excluding hydrogens is 268 g/mol. The molecule has 0 saturated carbocycles. The van der Waals surface area contributed by atoms with Crippen LogP contribution in [-0.2, 0) is 0 Å². The molecule has 2 N–H and O–H groups in total. The Kier molecular flexibility index (Phi) is 6.29. The average Bonchev–Trinajstić information content (AvgIpc) is 2.55. The molecule has 0 bridgehead atoms. The largest absolute Gasteiger partial charge is 0.497 e. The minimum atomic E-state index is -0.516. The Morgan fingerprint density at radius 3 is 2.67 bits per heavy atom. The van der Waals surface area contributed by atoms with Gasteiger partial charge in [0.2, 0.25) is 0 Å². The lowest BCUT2D eigenvalue weighted by Crippen LogP contribution is -2.43. The van der Waals surface area contributed by atoms with E-state index in [1.807, 2.05) is 18.2 Å². The van der Waals surface area contributed by atoms with Gasteiger partial charge in [0.1, 0.15) is 11.5 Å². The number of methoxy groups -OCH3 is 2. The third kappa shape index (κ3) is 4.59. The SMILES string of the molecule is COc1ccc(OC)c(C(O)CCCN2CCNCC2)c1. The number of nitrogens with zero attached hydrogens (tertiary/aromatic N) is 1. The molecule has 5 nitrogen and oxygen atoms in total. The molecule has 0 aliphatic carbocycles. The summed E-state index contributed by atoms with van der Waals surface area (Å²) in [5, 5.41) is 13.8. The van der Waals surface area contributed by atoms with Gasteiger partial charge in [0.25, 0.3) is 0 Å². The monoisotopic (exact) mass is 294 g/mol. The van der Waals surface area contributed by atoms with E-state index < -0.39 is 6.10 Å². The highest BCUT2D eigenvalue weighted by Gasteiger charge is 2.15. The van der Waals surface area contributed by atoms with E-state index in [0.29, 0.717) is 5.75 Å². The second-order valence-electron chi connectivity index (χ2n) is 5.36. The van der Waals surface area contributed by atoms with Crippen LogP contribution in [0.5, 0.6) is 11.5 Å². The van der Waals surface area contributed by atoms with Gasteiger partial charge in [-0.1, -0.05) is 0 Å². The topological polar surface area (TPSA) is 54.0 Å². The molecule has 1 aromatic carbocycles. The van der Waals surface area contributed by atoms with Crippen LogP contribution in [0.2, 0.25) is 0 Å². The van der Waals surface area contributed by atoms with E-state index in [9.17, 15) is 5.11 Å². The Morgan fingerprint density at radius 1 is 1.24 bits per heavy atom. The van der Waals surface area contributed by atoms with Crippen molar-refractivity contribution in [3.05, 3.63) is 23.8 Å². The molecule has 118 valence electrons. The fourth-order valence-electron chi connectivity index (χ4n) is 2.70. The lowest BCUT2D eigenvalue weighted by atomic mass is 10.0. The van der Waals surface area contributed by atoms with Crippen LogP contribution in [0.3, 0.4) is 0 Å². The highest BCUT2D eigenvalue weighted by atomic mass is 16.5. The zero-order chi connectivity index (χ0) is 15.1. The fourth-order valence-corrected chi connectivity index (χ4v) is 2.70. The summed E-state index contributed by atoms with van der Waals surface area (Å²) in [6.45, 7) is 5.35. The maximum atomic E-state index is 10.4. The maximum absolute atomic E-state index is 10.4. The average molecular weight is 294 g/mol. The van der Waals surface area contributed by atoms with Crippen molar-refractivity contribution in [3.8, 4) is 11.5 Å². The quantitative estimate of drug-likeness (QED) is 0.796. The Morgan fingerprint density at radius 2 is 2.00 bits per heavy atom. The van der Waals surface area contributed by atoms with Gasteiger partial charge >= 0.3 is 0 Å². The summed E-state index contributed by atoms with van der Waals surface area (Å²) in [6.07, 6.45) is 1.19. The van der Waals surface area contributed by atoms with Crippen LogP contribution in [-0.4, -0.2) is 56.9 Å². The molecule has 1 saturated heterocycles. The van der Waals surface area contributed by atoms with Crippen LogP contribution >= 0.6 is 0 Å². The zero-order valence-corrected chi connectivity index (χ0v) is 13.0. The van der Waals surface area contributed by atoms with Gasteiger partial charge in [-0.2, -0.15) is 0 Å². The summed E-state index contributed by atoms with van der Waals surface area (Å²) in [6, 6.07) is 5.54. The number of benzene rings is 1. The van der Waals surface area contributed by atoms with Crippen molar-refractivity contribution in [1.82, 2.24) is 10.2 Å². The summed E-state index contributed by atoms with van der Waals surface area (Å²) < 4.78 is 10.6. The molecule has 1 fully saturated rings. The molecule has 1 aliphatic rings. The Hall–Kier alpha value is -1.30. The van der Waals surface area contributed by atoms with Gasteiger partial charge in [-0.3, -0.25) is 0 Å². The van der Waals surface area contributed by atoms with E-state index in [1.54, 1.807) is 14.2 Å². The Bertz CT molecular complexity index is 434. The third-order valence-corrected chi connectivity index (χ3v) is 3.96. The zero-order valence-electron chi connectivity index (χ0n) is 13.0. The van der Waals surface area contributed by atoms with Crippen molar-refractivity contribution in [2.75, 3.05) is 46.9 Å². The summed E-state index contributed by atoms with van der Waals surface area (Å²) >= 11 is 0. The normalized spacial score (nSPS) is 17.5. The van der Waals surface area contributed by atoms with Crippen molar-refractivity contribution >= 4 is 0 Å². The van der Waals surface area contributed by atoms with Gasteiger partial charge in [0.05, 0.1) is 20.3 Å². The van der Waals surface area contributed by atoms with Crippen molar-refractivity contribution in [3.63, 3.8) is 0 Å². The fraction of sp³-hybridized carbons (Fsp3) is 0.625. The molecule has 1 unspecified atom stereocenters. The Balaban J connectivity index is 1.88. The molecule has 21 heavy (non-hydrogen) atoms. The van der Waals surface area contributed by atoms with Crippen molar-refractivity contribution < 1.29 is 14.6 Å². The highest BCUT2D eigenvalue weighted by Crippen LogP contribution is 2.31. The Labute approximate surface area is 126 Å². The minimum absolute atomic E-state index is 0.516. The van der Waals surface area contributed by atoms with E-state index in [-0.39, 0.29) is 0 Å². The van der Waals surface area contributed by atoms with Gasteiger partial charge in [0, 0.05) is 31.7 Å². The minimum Gasteiger partial charge on any atom is -0.497 e. The second kappa shape index (κ2) is 8.22. The molecule has 0 aromatic heterocycles. The number of nitrogens with one attached hydrogen (secondary N) is 1. The molecule has 0 spiro atoms. The second-order valence-corrected chi connectivity index (χ2v) is 5.36. The lowest BCUT2D eigenvalue weighted by Gasteiger charge is -2.27. The van der Waals surface area contributed by atoms with E-state index >= 15 is 0 Å². The molecule has 0 amide bonds. The highest BCUT2D eigenvalue weighted by molar-refractivity contribution is 5.41. The van der Waals surface area contributed by atoms with Crippen molar-refractivity contribution in [1.29, 1.82) is 0 Å². The van der Waals surface area contributed by atoms with Crippen LogP contribution in [0.1, 0.15) is 24.5 Å². The van der Waals surface area contributed by atoms with E-state index in [2.05, 4.69) is 10.2 Å². The number of piperazine rings is 1. The maximum Gasteiger partial charge on any atom is 0.124 e. The van der Waals surface area contributed by atoms with Crippen LogP contribution in [0.25, 0.3) is 0 Å². The van der Waals surface area contributed by atoms with Gasteiger partial charge in [-0.05, 0) is 37.6 Å².